The van der Waals surface area contributed by atoms with Gasteiger partial charge in [-0.1, -0.05) is 57.8 Å². The Morgan fingerprint density at radius 3 is 2.88 bits per heavy atom. The SMILES string of the molecule is CCCC/C=C/C1=C[C@@H](CCCC)OCC1. The van der Waals surface area contributed by atoms with Crippen LogP contribution < -0.4 is 0 Å². The molecule has 0 aromatic heterocycles. The Bertz CT molecular complexity index is 228. The van der Waals surface area contributed by atoms with Gasteiger partial charge >= 0.3 is 0 Å². The van der Waals surface area contributed by atoms with Gasteiger partial charge in [0.2, 0.25) is 0 Å². The fourth-order valence-electron chi connectivity index (χ4n) is 1.97. The minimum atomic E-state index is 0.375. The van der Waals surface area contributed by atoms with Crippen LogP contribution in [0, 0.1) is 0 Å². The minimum absolute atomic E-state index is 0.375. The van der Waals surface area contributed by atoms with Gasteiger partial charge in [0, 0.05) is 0 Å². The molecule has 92 valence electrons. The molecule has 0 aromatic carbocycles. The zero-order valence-corrected chi connectivity index (χ0v) is 10.9. The van der Waals surface area contributed by atoms with Gasteiger partial charge in [-0.15, -0.1) is 0 Å². The van der Waals surface area contributed by atoms with Crippen LogP contribution in [0.25, 0.3) is 0 Å². The van der Waals surface area contributed by atoms with Crippen molar-refractivity contribution in [3.63, 3.8) is 0 Å². The van der Waals surface area contributed by atoms with Crippen LogP contribution in [0.1, 0.15) is 58.8 Å². The second-order valence-electron chi connectivity index (χ2n) is 4.59. The van der Waals surface area contributed by atoms with Crippen molar-refractivity contribution in [2.24, 2.45) is 0 Å². The maximum atomic E-state index is 5.73. The van der Waals surface area contributed by atoms with Crippen LogP contribution in [0.15, 0.2) is 23.8 Å². The molecule has 0 fully saturated rings. The van der Waals surface area contributed by atoms with Crippen molar-refractivity contribution >= 4 is 0 Å². The highest BCUT2D eigenvalue weighted by Crippen LogP contribution is 2.18. The van der Waals surface area contributed by atoms with E-state index in [1.165, 1.54) is 44.1 Å². The summed E-state index contributed by atoms with van der Waals surface area (Å²) in [6, 6.07) is 0. The van der Waals surface area contributed by atoms with Crippen molar-refractivity contribution in [2.45, 2.75) is 64.9 Å². The second kappa shape index (κ2) is 8.58. The molecule has 0 aliphatic carbocycles. The van der Waals surface area contributed by atoms with E-state index in [4.69, 9.17) is 4.74 Å². The Hall–Kier alpha value is -0.560. The average Bonchev–Trinajstić information content (AvgIpc) is 2.33. The van der Waals surface area contributed by atoms with Gasteiger partial charge in [-0.2, -0.15) is 0 Å². The first-order valence-corrected chi connectivity index (χ1v) is 6.85. The molecule has 0 saturated carbocycles. The van der Waals surface area contributed by atoms with E-state index in [1.54, 1.807) is 0 Å². The zero-order chi connectivity index (χ0) is 11.6. The number of unbranched alkanes of at least 4 members (excludes halogenated alkanes) is 3. The number of hydrogen-bond donors (Lipinski definition) is 0. The number of rotatable bonds is 7. The molecule has 1 atom stereocenters. The van der Waals surface area contributed by atoms with E-state index in [-0.39, 0.29) is 0 Å². The summed E-state index contributed by atoms with van der Waals surface area (Å²) < 4.78 is 5.73. The van der Waals surface area contributed by atoms with Crippen LogP contribution in [-0.4, -0.2) is 12.7 Å². The highest BCUT2D eigenvalue weighted by molar-refractivity contribution is 5.21. The van der Waals surface area contributed by atoms with E-state index in [0.29, 0.717) is 6.10 Å². The van der Waals surface area contributed by atoms with Gasteiger partial charge in [-0.05, 0) is 24.8 Å². The lowest BCUT2D eigenvalue weighted by atomic mass is 10.0. The lowest BCUT2D eigenvalue weighted by molar-refractivity contribution is 0.0707. The van der Waals surface area contributed by atoms with E-state index >= 15 is 0 Å². The summed E-state index contributed by atoms with van der Waals surface area (Å²) in [4.78, 5) is 0. The Morgan fingerprint density at radius 1 is 1.31 bits per heavy atom. The molecule has 0 amide bonds. The molecule has 1 aliphatic heterocycles. The van der Waals surface area contributed by atoms with Gasteiger partial charge in [-0.3, -0.25) is 0 Å². The van der Waals surface area contributed by atoms with E-state index < -0.39 is 0 Å². The zero-order valence-electron chi connectivity index (χ0n) is 10.9. The summed E-state index contributed by atoms with van der Waals surface area (Å²) in [5, 5.41) is 0. The van der Waals surface area contributed by atoms with Crippen LogP contribution in [0.4, 0.5) is 0 Å². The predicted octanol–water partition coefficient (Wildman–Crippen LogP) is 4.64. The van der Waals surface area contributed by atoms with E-state index in [1.807, 2.05) is 0 Å². The highest BCUT2D eigenvalue weighted by atomic mass is 16.5. The predicted molar refractivity (Wildman–Crippen MR) is 70.6 cm³/mol. The highest BCUT2D eigenvalue weighted by Gasteiger charge is 2.11. The molecule has 0 unspecified atom stereocenters. The molecule has 16 heavy (non-hydrogen) atoms. The average molecular weight is 222 g/mol. The first-order chi connectivity index (χ1) is 7.86. The summed E-state index contributed by atoms with van der Waals surface area (Å²) >= 11 is 0. The standard InChI is InChI=1S/C15H26O/c1-3-5-7-8-9-14-11-12-16-15(13-14)10-6-4-2/h8-9,13,15H,3-7,10-12H2,1-2H3/b9-8+/t15-/m1/s1. The Kier molecular flexibility index (Phi) is 7.24. The summed E-state index contributed by atoms with van der Waals surface area (Å²) in [6.07, 6.45) is 15.9. The minimum Gasteiger partial charge on any atom is -0.374 e. The molecule has 0 N–H and O–H groups in total. The molecule has 1 rings (SSSR count). The van der Waals surface area contributed by atoms with Crippen LogP contribution in [0.5, 0.6) is 0 Å². The lowest BCUT2D eigenvalue weighted by Crippen LogP contribution is -2.16. The number of hydrogen-bond acceptors (Lipinski definition) is 1. The molecule has 1 nitrogen and oxygen atoms in total. The van der Waals surface area contributed by atoms with Gasteiger partial charge in [0.25, 0.3) is 0 Å². The van der Waals surface area contributed by atoms with E-state index in [2.05, 4.69) is 32.1 Å². The largest absolute Gasteiger partial charge is 0.374 e. The van der Waals surface area contributed by atoms with Crippen LogP contribution in [0.3, 0.4) is 0 Å². The van der Waals surface area contributed by atoms with Crippen LogP contribution >= 0.6 is 0 Å². The third kappa shape index (κ3) is 5.50. The van der Waals surface area contributed by atoms with Crippen molar-refractivity contribution in [1.82, 2.24) is 0 Å². The fraction of sp³-hybridized carbons (Fsp3) is 0.733. The van der Waals surface area contributed by atoms with Crippen LogP contribution in [-0.2, 0) is 4.74 Å². The Labute approximate surface area is 101 Å². The normalized spacial score (nSPS) is 21.4. The first kappa shape index (κ1) is 13.5. The lowest BCUT2D eigenvalue weighted by Gasteiger charge is -2.20. The maximum absolute atomic E-state index is 5.73. The van der Waals surface area contributed by atoms with Crippen molar-refractivity contribution in [2.75, 3.05) is 6.61 Å². The van der Waals surface area contributed by atoms with Gasteiger partial charge in [0.15, 0.2) is 0 Å². The Morgan fingerprint density at radius 2 is 2.12 bits per heavy atom. The van der Waals surface area contributed by atoms with Crippen molar-refractivity contribution in [3.8, 4) is 0 Å². The van der Waals surface area contributed by atoms with Gasteiger partial charge in [0.05, 0.1) is 12.7 Å². The maximum Gasteiger partial charge on any atom is 0.0761 e. The molecule has 1 heteroatoms. The number of allylic oxidation sites excluding steroid dienone is 2. The number of ether oxygens (including phenoxy) is 1. The van der Waals surface area contributed by atoms with Gasteiger partial charge in [0.1, 0.15) is 0 Å². The third-order valence-corrected chi connectivity index (χ3v) is 3.02. The fourth-order valence-corrected chi connectivity index (χ4v) is 1.97. The first-order valence-electron chi connectivity index (χ1n) is 6.85. The van der Waals surface area contributed by atoms with E-state index in [9.17, 15) is 0 Å². The monoisotopic (exact) mass is 222 g/mol. The molecule has 1 heterocycles. The van der Waals surface area contributed by atoms with Crippen molar-refractivity contribution in [3.05, 3.63) is 23.8 Å². The molecule has 0 aromatic rings. The third-order valence-electron chi connectivity index (χ3n) is 3.02. The van der Waals surface area contributed by atoms with Crippen LogP contribution in [0.2, 0.25) is 0 Å². The summed E-state index contributed by atoms with van der Waals surface area (Å²) in [5.41, 5.74) is 1.48. The molecular weight excluding hydrogens is 196 g/mol. The summed E-state index contributed by atoms with van der Waals surface area (Å²) in [7, 11) is 0. The molecular formula is C15H26O. The quantitative estimate of drug-likeness (QED) is 0.570. The van der Waals surface area contributed by atoms with Crippen molar-refractivity contribution < 1.29 is 4.74 Å². The molecule has 0 saturated heterocycles. The molecule has 1 aliphatic rings. The van der Waals surface area contributed by atoms with Gasteiger partial charge < -0.3 is 4.74 Å². The van der Waals surface area contributed by atoms with E-state index in [0.717, 1.165) is 13.0 Å². The Balaban J connectivity index is 2.33. The smallest absolute Gasteiger partial charge is 0.0761 e. The molecule has 0 spiro atoms. The summed E-state index contributed by atoms with van der Waals surface area (Å²) in [6.45, 7) is 5.37. The van der Waals surface area contributed by atoms with Crippen molar-refractivity contribution in [1.29, 1.82) is 0 Å². The summed E-state index contributed by atoms with van der Waals surface area (Å²) in [5.74, 6) is 0. The topological polar surface area (TPSA) is 9.23 Å². The molecule has 0 bridgehead atoms. The van der Waals surface area contributed by atoms with Gasteiger partial charge in [-0.25, -0.2) is 0 Å². The molecule has 0 radical (unpaired) electrons. The second-order valence-corrected chi connectivity index (χ2v) is 4.59.